The van der Waals surface area contributed by atoms with E-state index in [1.54, 1.807) is 0 Å². The molecule has 5 rings (SSSR count). The van der Waals surface area contributed by atoms with Gasteiger partial charge in [-0.2, -0.15) is 5.10 Å². The molecule has 2 aromatic heterocycles. The quantitative estimate of drug-likeness (QED) is 0.753. The van der Waals surface area contributed by atoms with E-state index in [1.807, 2.05) is 17.1 Å². The second-order valence-corrected chi connectivity index (χ2v) is 8.92. The number of pyridine rings is 1. The summed E-state index contributed by atoms with van der Waals surface area (Å²) in [5, 5.41) is 14.0. The number of hydrogen-bond donors (Lipinski definition) is 1. The van der Waals surface area contributed by atoms with Gasteiger partial charge in [0.15, 0.2) is 5.65 Å². The topological polar surface area (TPSA) is 82.8 Å². The van der Waals surface area contributed by atoms with Crippen LogP contribution in [0.15, 0.2) is 17.5 Å². The van der Waals surface area contributed by atoms with Crippen LogP contribution in [0.5, 0.6) is 0 Å². The summed E-state index contributed by atoms with van der Waals surface area (Å²) in [5.74, 6) is 0. The Hall–Kier alpha value is -2.19. The molecule has 0 aromatic carbocycles. The standard InChI is InChI=1S/C23H33N5O3/c1-3-28-22-19(15-25-28)21(26-16-7-11-29-12-8-16)18(14-24-22)20-13-23(31-27-20)9-5-17(6-10-23)30-4-2/h14-17H,3-13H2,1-2H3,(H,24,26). The van der Waals surface area contributed by atoms with Crippen molar-refractivity contribution in [1.82, 2.24) is 14.8 Å². The first-order chi connectivity index (χ1) is 15.2. The summed E-state index contributed by atoms with van der Waals surface area (Å²) >= 11 is 0. The third-order valence-corrected chi connectivity index (χ3v) is 6.93. The van der Waals surface area contributed by atoms with Gasteiger partial charge in [-0.3, -0.25) is 0 Å². The van der Waals surface area contributed by atoms with Crippen LogP contribution >= 0.6 is 0 Å². The molecule has 168 valence electrons. The van der Waals surface area contributed by atoms with E-state index in [-0.39, 0.29) is 5.60 Å². The van der Waals surface area contributed by atoms with Crippen LogP contribution in [0.1, 0.15) is 64.4 Å². The number of nitrogens with one attached hydrogen (secondary N) is 1. The molecule has 31 heavy (non-hydrogen) atoms. The lowest BCUT2D eigenvalue weighted by Gasteiger charge is -2.34. The molecule has 1 aliphatic carbocycles. The van der Waals surface area contributed by atoms with Crippen LogP contribution in [0, 0.1) is 0 Å². The van der Waals surface area contributed by atoms with Crippen LogP contribution < -0.4 is 5.32 Å². The molecule has 1 saturated carbocycles. The van der Waals surface area contributed by atoms with E-state index in [2.05, 4.69) is 29.4 Å². The molecule has 2 aromatic rings. The van der Waals surface area contributed by atoms with Gasteiger partial charge in [-0.15, -0.1) is 0 Å². The number of aryl methyl sites for hydroxylation is 1. The van der Waals surface area contributed by atoms with E-state index >= 15 is 0 Å². The largest absolute Gasteiger partial charge is 0.389 e. The van der Waals surface area contributed by atoms with Gasteiger partial charge in [0.2, 0.25) is 0 Å². The zero-order valence-corrected chi connectivity index (χ0v) is 18.6. The number of fused-ring (bicyclic) bond motifs is 1. The monoisotopic (exact) mass is 427 g/mol. The van der Waals surface area contributed by atoms with Crippen molar-refractivity contribution in [3.8, 4) is 0 Å². The van der Waals surface area contributed by atoms with Crippen LogP contribution in [0.25, 0.3) is 11.0 Å². The van der Waals surface area contributed by atoms with Gasteiger partial charge >= 0.3 is 0 Å². The Morgan fingerprint density at radius 2 is 1.97 bits per heavy atom. The van der Waals surface area contributed by atoms with E-state index < -0.39 is 0 Å². The molecule has 0 atom stereocenters. The number of oxime groups is 1. The van der Waals surface area contributed by atoms with Gasteiger partial charge in [0.1, 0.15) is 5.60 Å². The highest BCUT2D eigenvalue weighted by Crippen LogP contribution is 2.42. The summed E-state index contributed by atoms with van der Waals surface area (Å²) in [6.45, 7) is 7.31. The minimum absolute atomic E-state index is 0.193. The second-order valence-electron chi connectivity index (χ2n) is 8.92. The molecule has 4 heterocycles. The van der Waals surface area contributed by atoms with E-state index in [9.17, 15) is 0 Å². The van der Waals surface area contributed by atoms with E-state index in [1.165, 1.54) is 0 Å². The third kappa shape index (κ3) is 4.03. The van der Waals surface area contributed by atoms with Gasteiger partial charge in [-0.1, -0.05) is 5.16 Å². The Morgan fingerprint density at radius 3 is 2.71 bits per heavy atom. The highest BCUT2D eigenvalue weighted by molar-refractivity contribution is 6.10. The Labute approximate surface area is 183 Å². The molecule has 0 amide bonds. The zero-order chi connectivity index (χ0) is 21.3. The molecule has 8 heteroatoms. The normalized spacial score (nSPS) is 26.9. The van der Waals surface area contributed by atoms with Crippen molar-refractivity contribution in [3.63, 3.8) is 0 Å². The Balaban J connectivity index is 1.42. The van der Waals surface area contributed by atoms with Gasteiger partial charge < -0.3 is 19.6 Å². The number of ether oxygens (including phenoxy) is 2. The maximum Gasteiger partial charge on any atom is 0.159 e. The van der Waals surface area contributed by atoms with Crippen LogP contribution in [0.3, 0.4) is 0 Å². The lowest BCUT2D eigenvalue weighted by Crippen LogP contribution is -2.37. The zero-order valence-electron chi connectivity index (χ0n) is 18.6. The highest BCUT2D eigenvalue weighted by Gasteiger charge is 2.43. The van der Waals surface area contributed by atoms with Crippen LogP contribution in [0.2, 0.25) is 0 Å². The van der Waals surface area contributed by atoms with Crippen LogP contribution in [0.4, 0.5) is 5.69 Å². The van der Waals surface area contributed by atoms with E-state index in [0.717, 1.165) is 99.3 Å². The van der Waals surface area contributed by atoms with Crippen molar-refractivity contribution in [2.45, 2.75) is 83.1 Å². The second kappa shape index (κ2) is 8.74. The Bertz CT molecular complexity index is 942. The fourth-order valence-electron chi connectivity index (χ4n) is 5.13. The van der Waals surface area contributed by atoms with Gasteiger partial charge in [-0.05, 0) is 52.4 Å². The minimum Gasteiger partial charge on any atom is -0.389 e. The molecule has 1 spiro atoms. The minimum atomic E-state index is -0.193. The molecule has 1 N–H and O–H groups in total. The van der Waals surface area contributed by atoms with Crippen molar-refractivity contribution in [3.05, 3.63) is 18.0 Å². The van der Waals surface area contributed by atoms with Gasteiger partial charge in [-0.25, -0.2) is 9.67 Å². The average molecular weight is 428 g/mol. The molecule has 0 radical (unpaired) electrons. The summed E-state index contributed by atoms with van der Waals surface area (Å²) in [5.41, 5.74) is 3.83. The summed E-state index contributed by atoms with van der Waals surface area (Å²) < 4.78 is 13.3. The summed E-state index contributed by atoms with van der Waals surface area (Å²) in [4.78, 5) is 10.9. The van der Waals surface area contributed by atoms with E-state index in [4.69, 9.17) is 19.3 Å². The molecule has 1 saturated heterocycles. The number of rotatable bonds is 6. The molecule has 3 aliphatic rings. The average Bonchev–Trinajstić information content (AvgIpc) is 3.41. The summed E-state index contributed by atoms with van der Waals surface area (Å²) in [6, 6.07) is 0.376. The Kier molecular flexibility index (Phi) is 5.84. The van der Waals surface area contributed by atoms with Crippen molar-refractivity contribution >= 4 is 22.4 Å². The molecular weight excluding hydrogens is 394 g/mol. The van der Waals surface area contributed by atoms with Crippen molar-refractivity contribution in [2.24, 2.45) is 5.16 Å². The summed E-state index contributed by atoms with van der Waals surface area (Å²) in [6.07, 6.45) is 11.1. The van der Waals surface area contributed by atoms with Crippen LogP contribution in [-0.2, 0) is 20.9 Å². The first-order valence-electron chi connectivity index (χ1n) is 11.8. The lowest BCUT2D eigenvalue weighted by molar-refractivity contribution is -0.0803. The van der Waals surface area contributed by atoms with Crippen LogP contribution in [-0.4, -0.2) is 58.0 Å². The third-order valence-electron chi connectivity index (χ3n) is 6.93. The molecule has 2 aliphatic heterocycles. The van der Waals surface area contributed by atoms with Gasteiger partial charge in [0.25, 0.3) is 0 Å². The number of aromatic nitrogens is 3. The SMILES string of the molecule is CCOC1CCC2(CC1)CC(c1cnc3c(cnn3CC)c1NC1CCOCC1)=NO2. The first-order valence-corrected chi connectivity index (χ1v) is 11.8. The highest BCUT2D eigenvalue weighted by atomic mass is 16.7. The van der Waals surface area contributed by atoms with E-state index in [0.29, 0.717) is 12.1 Å². The maximum absolute atomic E-state index is 6.09. The fourth-order valence-corrected chi connectivity index (χ4v) is 5.13. The lowest BCUT2D eigenvalue weighted by atomic mass is 9.79. The molecule has 2 fully saturated rings. The number of hydrogen-bond acceptors (Lipinski definition) is 7. The fraction of sp³-hybridized carbons (Fsp3) is 0.696. The summed E-state index contributed by atoms with van der Waals surface area (Å²) in [7, 11) is 0. The first kappa shape index (κ1) is 20.7. The molecule has 8 nitrogen and oxygen atoms in total. The maximum atomic E-state index is 6.09. The smallest absolute Gasteiger partial charge is 0.159 e. The molecular formula is C23H33N5O3. The van der Waals surface area contributed by atoms with Gasteiger partial charge in [0.05, 0.1) is 29.1 Å². The predicted molar refractivity (Wildman–Crippen MR) is 120 cm³/mol. The number of nitrogens with zero attached hydrogens (tertiary/aromatic N) is 4. The Morgan fingerprint density at radius 1 is 1.16 bits per heavy atom. The van der Waals surface area contributed by atoms with Crippen molar-refractivity contribution < 1.29 is 14.3 Å². The van der Waals surface area contributed by atoms with Crippen molar-refractivity contribution in [1.29, 1.82) is 0 Å². The van der Waals surface area contributed by atoms with Gasteiger partial charge in [0, 0.05) is 50.6 Å². The number of anilines is 1. The molecule has 0 unspecified atom stereocenters. The predicted octanol–water partition coefficient (Wildman–Crippen LogP) is 3.88. The molecule has 0 bridgehead atoms. The van der Waals surface area contributed by atoms with Crippen molar-refractivity contribution in [2.75, 3.05) is 25.1 Å².